The molecular formula is C21H26N4O2. The van der Waals surface area contributed by atoms with E-state index in [1.165, 1.54) is 18.4 Å². The summed E-state index contributed by atoms with van der Waals surface area (Å²) >= 11 is 0. The summed E-state index contributed by atoms with van der Waals surface area (Å²) in [6.07, 6.45) is 6.33. The molecule has 6 nitrogen and oxygen atoms in total. The van der Waals surface area contributed by atoms with Gasteiger partial charge in [0.2, 0.25) is 5.88 Å². The molecule has 0 spiro atoms. The van der Waals surface area contributed by atoms with E-state index in [-0.39, 0.29) is 12.1 Å². The number of amides is 2. The number of likely N-dealkylation sites (tertiary alicyclic amines) is 1. The van der Waals surface area contributed by atoms with E-state index < -0.39 is 0 Å². The zero-order valence-electron chi connectivity index (χ0n) is 15.6. The van der Waals surface area contributed by atoms with Gasteiger partial charge in [-0.2, -0.15) is 0 Å². The van der Waals surface area contributed by atoms with Gasteiger partial charge in [0.1, 0.15) is 5.75 Å². The van der Waals surface area contributed by atoms with Gasteiger partial charge in [0.25, 0.3) is 0 Å². The monoisotopic (exact) mass is 366 g/mol. The number of nitrogens with one attached hydrogen (secondary N) is 2. The van der Waals surface area contributed by atoms with Gasteiger partial charge in [-0.05, 0) is 50.8 Å². The van der Waals surface area contributed by atoms with Crippen LogP contribution in [0.1, 0.15) is 31.2 Å². The molecule has 1 aromatic heterocycles. The molecule has 1 aliphatic carbocycles. The van der Waals surface area contributed by atoms with Crippen LogP contribution in [-0.2, 0) is 0 Å². The zero-order chi connectivity index (χ0) is 18.6. The number of carbonyl (C=O) groups is 1. The molecule has 27 heavy (non-hydrogen) atoms. The number of piperidine rings is 1. The summed E-state index contributed by atoms with van der Waals surface area (Å²) in [5, 5.41) is 5.92. The molecule has 2 aliphatic rings. The summed E-state index contributed by atoms with van der Waals surface area (Å²) in [5.74, 6) is 1.24. The lowest BCUT2D eigenvalue weighted by Gasteiger charge is -2.32. The topological polar surface area (TPSA) is 66.5 Å². The molecule has 0 radical (unpaired) electrons. The molecule has 2 aromatic rings. The second-order valence-electron chi connectivity index (χ2n) is 7.44. The second-order valence-corrected chi connectivity index (χ2v) is 7.44. The van der Waals surface area contributed by atoms with Gasteiger partial charge < -0.3 is 20.3 Å². The lowest BCUT2D eigenvalue weighted by Crippen LogP contribution is -2.46. The van der Waals surface area contributed by atoms with Crippen molar-refractivity contribution in [3.8, 4) is 11.6 Å². The number of aryl methyl sites for hydroxylation is 1. The Morgan fingerprint density at radius 1 is 1.07 bits per heavy atom. The Labute approximate surface area is 159 Å². The van der Waals surface area contributed by atoms with Gasteiger partial charge in [-0.1, -0.05) is 17.7 Å². The summed E-state index contributed by atoms with van der Waals surface area (Å²) in [7, 11) is 0. The molecule has 142 valence electrons. The number of ether oxygens (including phenoxy) is 1. The Bertz CT molecular complexity index is 764. The molecular weight excluding hydrogens is 340 g/mol. The fourth-order valence-corrected chi connectivity index (χ4v) is 3.44. The van der Waals surface area contributed by atoms with E-state index >= 15 is 0 Å². The molecule has 2 heterocycles. The summed E-state index contributed by atoms with van der Waals surface area (Å²) < 4.78 is 5.71. The first-order valence-electron chi connectivity index (χ1n) is 9.68. The number of hydrogen-bond donors (Lipinski definition) is 2. The van der Waals surface area contributed by atoms with Crippen molar-refractivity contribution in [2.24, 2.45) is 0 Å². The number of pyridine rings is 1. The first kappa shape index (κ1) is 17.8. The third-order valence-electron chi connectivity index (χ3n) is 5.17. The van der Waals surface area contributed by atoms with Crippen LogP contribution in [0.4, 0.5) is 10.5 Å². The standard InChI is InChI=1S/C21H26N4O2/c1-15-2-7-19(8-3-15)27-20-9-4-17(14-22-20)24-21(26)23-16-10-12-25(13-11-16)18-5-6-18/h2-4,7-9,14,16,18H,5-6,10-13H2,1H3,(H2,23,24,26). The maximum atomic E-state index is 12.2. The van der Waals surface area contributed by atoms with Crippen molar-refractivity contribution in [2.75, 3.05) is 18.4 Å². The van der Waals surface area contributed by atoms with Crippen LogP contribution in [0, 0.1) is 6.92 Å². The first-order chi connectivity index (χ1) is 13.2. The van der Waals surface area contributed by atoms with E-state index in [4.69, 9.17) is 4.74 Å². The number of carbonyl (C=O) groups excluding carboxylic acids is 1. The van der Waals surface area contributed by atoms with Gasteiger partial charge in [-0.3, -0.25) is 0 Å². The number of nitrogens with zero attached hydrogens (tertiary/aromatic N) is 2. The van der Waals surface area contributed by atoms with E-state index in [1.54, 1.807) is 18.3 Å². The van der Waals surface area contributed by atoms with Gasteiger partial charge in [-0.15, -0.1) is 0 Å². The summed E-state index contributed by atoms with van der Waals surface area (Å²) in [4.78, 5) is 19.0. The summed E-state index contributed by atoms with van der Waals surface area (Å²) in [6, 6.07) is 12.2. The van der Waals surface area contributed by atoms with Crippen molar-refractivity contribution in [1.82, 2.24) is 15.2 Å². The number of anilines is 1. The summed E-state index contributed by atoms with van der Waals surface area (Å²) in [6.45, 7) is 4.20. The van der Waals surface area contributed by atoms with Crippen LogP contribution < -0.4 is 15.4 Å². The number of benzene rings is 1. The Morgan fingerprint density at radius 3 is 2.44 bits per heavy atom. The van der Waals surface area contributed by atoms with Crippen LogP contribution in [0.5, 0.6) is 11.6 Å². The van der Waals surface area contributed by atoms with E-state index in [9.17, 15) is 4.79 Å². The highest BCUT2D eigenvalue weighted by Gasteiger charge is 2.32. The number of aromatic nitrogens is 1. The Balaban J connectivity index is 1.24. The first-order valence-corrected chi connectivity index (χ1v) is 9.68. The molecule has 1 saturated carbocycles. The van der Waals surface area contributed by atoms with E-state index in [0.717, 1.165) is 37.7 Å². The van der Waals surface area contributed by atoms with Gasteiger partial charge in [0.15, 0.2) is 0 Å². The fourth-order valence-electron chi connectivity index (χ4n) is 3.44. The average Bonchev–Trinajstić information content (AvgIpc) is 3.51. The molecule has 2 fully saturated rings. The summed E-state index contributed by atoms with van der Waals surface area (Å²) in [5.41, 5.74) is 1.83. The minimum atomic E-state index is -0.172. The molecule has 0 unspecified atom stereocenters. The van der Waals surface area contributed by atoms with E-state index in [1.807, 2.05) is 31.2 Å². The maximum Gasteiger partial charge on any atom is 0.319 e. The van der Waals surface area contributed by atoms with Crippen molar-refractivity contribution < 1.29 is 9.53 Å². The highest BCUT2D eigenvalue weighted by Crippen LogP contribution is 2.29. The average molecular weight is 366 g/mol. The Morgan fingerprint density at radius 2 is 1.81 bits per heavy atom. The third-order valence-corrected chi connectivity index (χ3v) is 5.17. The normalized spacial score (nSPS) is 18.1. The van der Waals surface area contributed by atoms with Crippen LogP contribution in [0.3, 0.4) is 0 Å². The van der Waals surface area contributed by atoms with Crippen molar-refractivity contribution >= 4 is 11.7 Å². The predicted octanol–water partition coefficient (Wildman–Crippen LogP) is 3.93. The van der Waals surface area contributed by atoms with Gasteiger partial charge >= 0.3 is 6.03 Å². The Hall–Kier alpha value is -2.60. The van der Waals surface area contributed by atoms with Crippen molar-refractivity contribution in [3.05, 3.63) is 48.2 Å². The zero-order valence-corrected chi connectivity index (χ0v) is 15.6. The molecule has 2 N–H and O–H groups in total. The molecule has 0 bridgehead atoms. The van der Waals surface area contributed by atoms with Crippen LogP contribution in [0.2, 0.25) is 0 Å². The second kappa shape index (κ2) is 7.96. The van der Waals surface area contributed by atoms with Crippen LogP contribution in [0.15, 0.2) is 42.6 Å². The van der Waals surface area contributed by atoms with Crippen LogP contribution >= 0.6 is 0 Å². The van der Waals surface area contributed by atoms with Crippen LogP contribution in [-0.4, -0.2) is 41.1 Å². The highest BCUT2D eigenvalue weighted by molar-refractivity contribution is 5.89. The number of hydrogen-bond acceptors (Lipinski definition) is 4. The lowest BCUT2D eigenvalue weighted by molar-refractivity contribution is 0.189. The third kappa shape index (κ3) is 4.98. The smallest absolute Gasteiger partial charge is 0.319 e. The quantitative estimate of drug-likeness (QED) is 0.841. The fraction of sp³-hybridized carbons (Fsp3) is 0.429. The SMILES string of the molecule is Cc1ccc(Oc2ccc(NC(=O)NC3CCN(C4CC4)CC3)cn2)cc1. The maximum absolute atomic E-state index is 12.2. The largest absolute Gasteiger partial charge is 0.439 e. The molecule has 4 rings (SSSR count). The van der Waals surface area contributed by atoms with Crippen molar-refractivity contribution in [2.45, 2.75) is 44.7 Å². The van der Waals surface area contributed by atoms with E-state index in [2.05, 4.69) is 20.5 Å². The molecule has 1 saturated heterocycles. The van der Waals surface area contributed by atoms with Gasteiger partial charge in [0, 0.05) is 31.2 Å². The van der Waals surface area contributed by atoms with Crippen molar-refractivity contribution in [3.63, 3.8) is 0 Å². The van der Waals surface area contributed by atoms with Crippen LogP contribution in [0.25, 0.3) is 0 Å². The Kier molecular flexibility index (Phi) is 5.25. The molecule has 6 heteroatoms. The number of urea groups is 1. The minimum absolute atomic E-state index is 0.172. The molecule has 1 aromatic carbocycles. The van der Waals surface area contributed by atoms with Gasteiger partial charge in [0.05, 0.1) is 11.9 Å². The van der Waals surface area contributed by atoms with Crippen molar-refractivity contribution in [1.29, 1.82) is 0 Å². The lowest BCUT2D eigenvalue weighted by atomic mass is 10.1. The molecule has 2 amide bonds. The number of rotatable bonds is 5. The van der Waals surface area contributed by atoms with E-state index in [0.29, 0.717) is 11.6 Å². The minimum Gasteiger partial charge on any atom is -0.439 e. The van der Waals surface area contributed by atoms with Gasteiger partial charge in [-0.25, -0.2) is 9.78 Å². The molecule has 0 atom stereocenters. The highest BCUT2D eigenvalue weighted by atomic mass is 16.5. The molecule has 1 aliphatic heterocycles. The predicted molar refractivity (Wildman–Crippen MR) is 105 cm³/mol.